The number of hydrogen-bond acceptors (Lipinski definition) is 4. The molecule has 0 spiro atoms. The lowest BCUT2D eigenvalue weighted by molar-refractivity contribution is -0.122. The zero-order valence-corrected chi connectivity index (χ0v) is 10.9. The monoisotopic (exact) mass is 261 g/mol. The number of aryl methyl sites for hydroxylation is 1. The van der Waals surface area contributed by atoms with Crippen LogP contribution in [0, 0.1) is 6.92 Å². The second-order valence-corrected chi connectivity index (χ2v) is 5.29. The number of nitrogens with two attached hydrogens (primary N) is 1. The first-order chi connectivity index (χ1) is 8.66. The van der Waals surface area contributed by atoms with Gasteiger partial charge in [0.25, 0.3) is 0 Å². The van der Waals surface area contributed by atoms with Crippen molar-refractivity contribution >= 4 is 17.2 Å². The predicted molar refractivity (Wildman–Crippen MR) is 72.1 cm³/mol. The first-order valence-electron chi connectivity index (χ1n) is 5.66. The van der Waals surface area contributed by atoms with Crippen molar-refractivity contribution in [2.75, 3.05) is 0 Å². The van der Waals surface area contributed by atoms with Crippen LogP contribution in [0.25, 0.3) is 0 Å². The van der Waals surface area contributed by atoms with Crippen molar-refractivity contribution < 1.29 is 4.79 Å². The lowest BCUT2D eigenvalue weighted by Crippen LogP contribution is -2.33. The summed E-state index contributed by atoms with van der Waals surface area (Å²) in [6.45, 7) is 2.41. The summed E-state index contributed by atoms with van der Waals surface area (Å²) in [4.78, 5) is 17.2. The van der Waals surface area contributed by atoms with Crippen LogP contribution < -0.4 is 11.1 Å². The van der Waals surface area contributed by atoms with Crippen molar-refractivity contribution in [1.82, 2.24) is 10.3 Å². The molecule has 3 N–H and O–H groups in total. The van der Waals surface area contributed by atoms with Gasteiger partial charge in [0.1, 0.15) is 11.0 Å². The van der Waals surface area contributed by atoms with Crippen LogP contribution in [0.3, 0.4) is 0 Å². The van der Waals surface area contributed by atoms with Gasteiger partial charge in [-0.25, -0.2) is 4.98 Å². The molecule has 18 heavy (non-hydrogen) atoms. The van der Waals surface area contributed by atoms with Gasteiger partial charge < -0.3 is 11.1 Å². The van der Waals surface area contributed by atoms with Crippen LogP contribution in [0.1, 0.15) is 21.5 Å². The van der Waals surface area contributed by atoms with Gasteiger partial charge in [0.05, 0.1) is 6.54 Å². The molecular formula is C13H15N3OS. The van der Waals surface area contributed by atoms with Crippen LogP contribution >= 0.6 is 11.3 Å². The van der Waals surface area contributed by atoms with Crippen molar-refractivity contribution in [3.63, 3.8) is 0 Å². The molecular weight excluding hydrogens is 246 g/mol. The molecule has 1 heterocycles. The van der Waals surface area contributed by atoms with E-state index in [1.54, 1.807) is 17.5 Å². The smallest absolute Gasteiger partial charge is 0.241 e. The molecule has 4 nitrogen and oxygen atoms in total. The number of benzene rings is 1. The molecule has 0 saturated heterocycles. The Morgan fingerprint density at radius 3 is 2.78 bits per heavy atom. The number of carbonyl (C=O) groups is 1. The quantitative estimate of drug-likeness (QED) is 0.881. The fourth-order valence-electron chi connectivity index (χ4n) is 1.57. The first kappa shape index (κ1) is 12.7. The fraction of sp³-hybridized carbons (Fsp3) is 0.231. The van der Waals surface area contributed by atoms with E-state index >= 15 is 0 Å². The summed E-state index contributed by atoms with van der Waals surface area (Å²) in [5.41, 5.74) is 6.69. The van der Waals surface area contributed by atoms with E-state index in [0.29, 0.717) is 6.54 Å². The number of amides is 1. The first-order valence-corrected chi connectivity index (χ1v) is 6.48. The number of nitrogens with one attached hydrogen (secondary N) is 1. The minimum atomic E-state index is -0.632. The molecule has 0 saturated carbocycles. The maximum atomic E-state index is 11.9. The number of hydrogen-bond donors (Lipinski definition) is 2. The Kier molecular flexibility index (Phi) is 4.07. The molecule has 1 unspecified atom stereocenters. The highest BCUT2D eigenvalue weighted by Gasteiger charge is 2.15. The van der Waals surface area contributed by atoms with Gasteiger partial charge in [-0.15, -0.1) is 11.3 Å². The summed E-state index contributed by atoms with van der Waals surface area (Å²) in [5, 5.41) is 3.68. The molecule has 0 aliphatic carbocycles. The number of thiazole rings is 1. The minimum absolute atomic E-state index is 0.186. The Bertz CT molecular complexity index is 524. The van der Waals surface area contributed by atoms with Crippen LogP contribution in [0.4, 0.5) is 0 Å². The Morgan fingerprint density at radius 2 is 2.17 bits per heavy atom. The second-order valence-electron chi connectivity index (χ2n) is 3.97. The maximum Gasteiger partial charge on any atom is 0.241 e. The Morgan fingerprint density at radius 1 is 1.44 bits per heavy atom. The van der Waals surface area contributed by atoms with Crippen LogP contribution in [-0.4, -0.2) is 10.9 Å². The maximum absolute atomic E-state index is 11.9. The third kappa shape index (κ3) is 3.15. The lowest BCUT2D eigenvalue weighted by atomic mass is 10.1. The highest BCUT2D eigenvalue weighted by atomic mass is 32.1. The van der Waals surface area contributed by atoms with Gasteiger partial charge >= 0.3 is 0 Å². The number of rotatable bonds is 4. The van der Waals surface area contributed by atoms with E-state index in [-0.39, 0.29) is 5.91 Å². The predicted octanol–water partition coefficient (Wildman–Crippen LogP) is 1.77. The molecule has 1 atom stereocenters. The zero-order valence-electron chi connectivity index (χ0n) is 10.1. The molecule has 0 aliphatic heterocycles. The summed E-state index contributed by atoms with van der Waals surface area (Å²) >= 11 is 1.57. The summed E-state index contributed by atoms with van der Waals surface area (Å²) < 4.78 is 0. The molecule has 0 fully saturated rings. The molecule has 1 aromatic heterocycles. The Hall–Kier alpha value is -1.72. The van der Waals surface area contributed by atoms with E-state index in [2.05, 4.69) is 10.3 Å². The van der Waals surface area contributed by atoms with E-state index in [9.17, 15) is 4.79 Å². The molecule has 0 radical (unpaired) electrons. The van der Waals surface area contributed by atoms with Crippen molar-refractivity contribution in [2.24, 2.45) is 5.73 Å². The third-order valence-electron chi connectivity index (χ3n) is 2.52. The van der Waals surface area contributed by atoms with E-state index in [0.717, 1.165) is 15.4 Å². The molecule has 1 aromatic carbocycles. The van der Waals surface area contributed by atoms with E-state index < -0.39 is 6.04 Å². The molecule has 0 aliphatic rings. The standard InChI is InChI=1S/C13H15N3OS/c1-9-7-15-11(18-9)8-16-13(17)12(14)10-5-3-2-4-6-10/h2-7,12H,8,14H2,1H3,(H,16,17). The average Bonchev–Trinajstić information content (AvgIpc) is 2.82. The van der Waals surface area contributed by atoms with Crippen molar-refractivity contribution in [3.05, 3.63) is 52.0 Å². The number of aromatic nitrogens is 1. The SMILES string of the molecule is Cc1cnc(CNC(=O)C(N)c2ccccc2)s1. The topological polar surface area (TPSA) is 68.0 Å². The average molecular weight is 261 g/mol. The molecule has 0 bridgehead atoms. The van der Waals surface area contributed by atoms with Crippen LogP contribution in [0.2, 0.25) is 0 Å². The van der Waals surface area contributed by atoms with Gasteiger partial charge in [-0.3, -0.25) is 4.79 Å². The highest BCUT2D eigenvalue weighted by Crippen LogP contribution is 2.12. The molecule has 2 aromatic rings. The highest BCUT2D eigenvalue weighted by molar-refractivity contribution is 7.11. The fourth-order valence-corrected chi connectivity index (χ4v) is 2.29. The third-order valence-corrected chi connectivity index (χ3v) is 3.44. The van der Waals surface area contributed by atoms with E-state index in [1.807, 2.05) is 37.3 Å². The van der Waals surface area contributed by atoms with Gasteiger partial charge in [-0.1, -0.05) is 30.3 Å². The van der Waals surface area contributed by atoms with Crippen LogP contribution in [0.15, 0.2) is 36.5 Å². The normalized spacial score (nSPS) is 12.1. The molecule has 1 amide bonds. The van der Waals surface area contributed by atoms with Crippen molar-refractivity contribution in [3.8, 4) is 0 Å². The second kappa shape index (κ2) is 5.75. The van der Waals surface area contributed by atoms with E-state index in [4.69, 9.17) is 5.73 Å². The van der Waals surface area contributed by atoms with Gasteiger partial charge in [-0.2, -0.15) is 0 Å². The minimum Gasteiger partial charge on any atom is -0.348 e. The summed E-state index contributed by atoms with van der Waals surface area (Å²) in [7, 11) is 0. The van der Waals surface area contributed by atoms with Crippen molar-refractivity contribution in [1.29, 1.82) is 0 Å². The van der Waals surface area contributed by atoms with Gasteiger partial charge in [0, 0.05) is 11.1 Å². The number of carbonyl (C=O) groups excluding carboxylic acids is 1. The van der Waals surface area contributed by atoms with Crippen LogP contribution in [0.5, 0.6) is 0 Å². The zero-order chi connectivity index (χ0) is 13.0. The Labute approximate surface area is 110 Å². The molecule has 2 rings (SSSR count). The van der Waals surface area contributed by atoms with E-state index in [1.165, 1.54) is 0 Å². The summed E-state index contributed by atoms with van der Waals surface area (Å²) in [6.07, 6.45) is 1.79. The van der Waals surface area contributed by atoms with Crippen molar-refractivity contribution in [2.45, 2.75) is 19.5 Å². The molecule has 5 heteroatoms. The largest absolute Gasteiger partial charge is 0.348 e. The van der Waals surface area contributed by atoms with Crippen LogP contribution in [-0.2, 0) is 11.3 Å². The Balaban J connectivity index is 1.92. The molecule has 94 valence electrons. The summed E-state index contributed by atoms with van der Waals surface area (Å²) in [5.74, 6) is -0.186. The van der Waals surface area contributed by atoms with Gasteiger partial charge in [0.2, 0.25) is 5.91 Å². The van der Waals surface area contributed by atoms with Gasteiger partial charge in [0.15, 0.2) is 0 Å². The number of nitrogens with zero attached hydrogens (tertiary/aromatic N) is 1. The summed E-state index contributed by atoms with van der Waals surface area (Å²) in [6, 6.07) is 8.69. The lowest BCUT2D eigenvalue weighted by Gasteiger charge is -2.11. The van der Waals surface area contributed by atoms with Gasteiger partial charge in [-0.05, 0) is 12.5 Å².